The first-order valence-corrected chi connectivity index (χ1v) is 23.0. The van der Waals surface area contributed by atoms with Crippen LogP contribution < -0.4 is 0 Å². The molecule has 0 saturated carbocycles. The van der Waals surface area contributed by atoms with Crippen molar-refractivity contribution >= 4 is 24.2 Å². The average Bonchev–Trinajstić information content (AvgIpc) is 1.70. The maximum absolute atomic E-state index is 2.59. The van der Waals surface area contributed by atoms with Gasteiger partial charge in [0.2, 0.25) is 0 Å². The molecule has 0 aliphatic heterocycles. The number of hydrogen-bond donors (Lipinski definition) is 0. The van der Waals surface area contributed by atoms with Crippen LogP contribution in [-0.4, -0.2) is 24.2 Å². The molecule has 0 aromatic rings. The molecule has 16 heavy (non-hydrogen) atoms. The maximum atomic E-state index is 2.59. The zero-order valence-corrected chi connectivity index (χ0v) is 18.6. The minimum absolute atomic E-state index is 0.788. The summed E-state index contributed by atoms with van der Waals surface area (Å²) in [5.41, 5.74) is 0. The molecule has 0 heterocycles. The zero-order valence-electron chi connectivity index (χ0n) is 13.1. The van der Waals surface area contributed by atoms with E-state index in [1.165, 1.54) is 0 Å². The van der Waals surface area contributed by atoms with E-state index in [0.29, 0.717) is 0 Å². The first-order chi connectivity index (χ1) is 6.79. The molecular weight excluding hydrogens is 320 g/mol. The molecule has 0 saturated heterocycles. The molecule has 0 amide bonds. The Balaban J connectivity index is 4.53. The zero-order chi connectivity index (χ0) is 13.2. The number of rotatable bonds is 6. The van der Waals surface area contributed by atoms with E-state index in [-0.39, 0.29) is 0 Å². The van der Waals surface area contributed by atoms with Gasteiger partial charge in [0.05, 0.1) is 0 Å². The van der Waals surface area contributed by atoms with Gasteiger partial charge < -0.3 is 0 Å². The summed E-state index contributed by atoms with van der Waals surface area (Å²) >= 11 is -1.04. The van der Waals surface area contributed by atoms with E-state index in [0.717, 1.165) is 0 Å². The van der Waals surface area contributed by atoms with Gasteiger partial charge in [0.15, 0.2) is 0 Å². The summed E-state index contributed by atoms with van der Waals surface area (Å²) in [5, 5.41) is 0. The standard InChI is InChI=1S/3C4H11Si.Zr/c3*1-5(2,3)4;/h3*1H2,2-4H3;. The van der Waals surface area contributed by atoms with E-state index >= 15 is 0 Å². The van der Waals surface area contributed by atoms with Crippen molar-refractivity contribution in [3.05, 3.63) is 0 Å². The van der Waals surface area contributed by atoms with E-state index in [1.807, 2.05) is 0 Å². The van der Waals surface area contributed by atoms with Crippen LogP contribution in [0.1, 0.15) is 0 Å². The Morgan fingerprint density at radius 1 is 0.500 bits per heavy atom. The van der Waals surface area contributed by atoms with Crippen molar-refractivity contribution in [1.29, 1.82) is 0 Å². The van der Waals surface area contributed by atoms with E-state index in [2.05, 4.69) is 58.9 Å². The Kier molecular flexibility index (Phi) is 6.71. The molecule has 0 aromatic carbocycles. The van der Waals surface area contributed by atoms with Crippen molar-refractivity contribution in [3.8, 4) is 0 Å². The summed E-state index contributed by atoms with van der Waals surface area (Å²) < 4.78 is 5.26. The predicted molar refractivity (Wildman–Crippen MR) is 84.5 cm³/mol. The Labute approximate surface area is 115 Å². The third kappa shape index (κ3) is 12.0. The molecule has 0 nitrogen and oxygen atoms in total. The van der Waals surface area contributed by atoms with Gasteiger partial charge in [-0.1, -0.05) is 0 Å². The third-order valence-corrected chi connectivity index (χ3v) is 41.5. The van der Waals surface area contributed by atoms with Gasteiger partial charge in [-0.25, -0.2) is 0 Å². The van der Waals surface area contributed by atoms with Crippen molar-refractivity contribution < 1.29 is 21.8 Å². The van der Waals surface area contributed by atoms with Crippen LogP contribution in [-0.2, 0) is 21.8 Å². The molecule has 0 N–H and O–H groups in total. The van der Waals surface area contributed by atoms with Gasteiger partial charge in [-0.05, 0) is 0 Å². The summed E-state index contributed by atoms with van der Waals surface area (Å²) in [7, 11) is -2.36. The van der Waals surface area contributed by atoms with Crippen LogP contribution in [0.3, 0.4) is 0 Å². The fraction of sp³-hybridized carbons (Fsp3) is 1.00. The molecule has 0 unspecified atom stereocenters. The van der Waals surface area contributed by atoms with Gasteiger partial charge in [0.1, 0.15) is 0 Å². The van der Waals surface area contributed by atoms with Crippen molar-refractivity contribution in [2.24, 2.45) is 0 Å². The number of hydrogen-bond acceptors (Lipinski definition) is 0. The minimum atomic E-state index is -1.04. The van der Waals surface area contributed by atoms with E-state index in [4.69, 9.17) is 0 Å². The Bertz CT molecular complexity index is 170. The van der Waals surface area contributed by atoms with Gasteiger partial charge in [-0.2, -0.15) is 0 Å². The van der Waals surface area contributed by atoms with Gasteiger partial charge in [0.25, 0.3) is 0 Å². The molecule has 0 radical (unpaired) electrons. The van der Waals surface area contributed by atoms with Crippen molar-refractivity contribution in [2.75, 3.05) is 0 Å². The fourth-order valence-electron chi connectivity index (χ4n) is 2.44. The molecule has 97 valence electrons. The summed E-state index contributed by atoms with van der Waals surface area (Å²) in [6.45, 7) is 23.3. The molecule has 0 atom stereocenters. The second kappa shape index (κ2) is 6.12. The van der Waals surface area contributed by atoms with Crippen LogP contribution in [0.2, 0.25) is 70.2 Å². The summed E-state index contributed by atoms with van der Waals surface area (Å²) in [6, 6.07) is 0. The van der Waals surface area contributed by atoms with Gasteiger partial charge in [-0.3, -0.25) is 0 Å². The molecule has 0 bridgehead atoms. The first kappa shape index (κ1) is 17.5. The van der Waals surface area contributed by atoms with Crippen LogP contribution in [0, 0.1) is 0 Å². The van der Waals surface area contributed by atoms with Crippen molar-refractivity contribution in [1.82, 2.24) is 0 Å². The Morgan fingerprint density at radius 3 is 0.812 bits per heavy atom. The van der Waals surface area contributed by atoms with Crippen molar-refractivity contribution in [3.63, 3.8) is 0 Å². The van der Waals surface area contributed by atoms with E-state index in [1.54, 1.807) is 11.3 Å². The van der Waals surface area contributed by atoms with Crippen molar-refractivity contribution in [2.45, 2.75) is 70.2 Å². The van der Waals surface area contributed by atoms with Crippen LogP contribution in [0.15, 0.2) is 0 Å². The van der Waals surface area contributed by atoms with Crippen LogP contribution in [0.4, 0.5) is 0 Å². The van der Waals surface area contributed by atoms with Crippen LogP contribution in [0.5, 0.6) is 0 Å². The Hall–Kier alpha value is 1.53. The van der Waals surface area contributed by atoms with Crippen LogP contribution >= 0.6 is 0 Å². The third-order valence-electron chi connectivity index (χ3n) is 2.34. The van der Waals surface area contributed by atoms with Crippen LogP contribution in [0.25, 0.3) is 0 Å². The molecule has 0 aliphatic rings. The van der Waals surface area contributed by atoms with Gasteiger partial charge in [-0.15, -0.1) is 0 Å². The second-order valence-corrected chi connectivity index (χ2v) is 36.9. The molecule has 4 heteroatoms. The molecule has 0 rings (SSSR count). The molecule has 0 aromatic heterocycles. The topological polar surface area (TPSA) is 0 Å². The summed E-state index contributed by atoms with van der Waals surface area (Å²) in [5.74, 6) is 0. The summed E-state index contributed by atoms with van der Waals surface area (Å²) in [4.78, 5) is 0. The average molecular weight is 353 g/mol. The fourth-order valence-corrected chi connectivity index (χ4v) is 49.9. The first-order valence-electron chi connectivity index (χ1n) is 6.62. The quantitative estimate of drug-likeness (QED) is 0.554. The van der Waals surface area contributed by atoms with E-state index < -0.39 is 46.0 Å². The monoisotopic (exact) mass is 351 g/mol. The molecule has 0 aliphatic carbocycles. The summed E-state index contributed by atoms with van der Waals surface area (Å²) in [6.07, 6.45) is 0. The second-order valence-electron chi connectivity index (χ2n) is 8.96. The molecule has 0 fully saturated rings. The molecular formula is C12H33Si3Zr. The van der Waals surface area contributed by atoms with Gasteiger partial charge in [0, 0.05) is 0 Å². The molecule has 0 spiro atoms. The normalized spacial score (nSPS) is 14.1. The van der Waals surface area contributed by atoms with E-state index in [9.17, 15) is 0 Å². The Morgan fingerprint density at radius 2 is 0.688 bits per heavy atom. The van der Waals surface area contributed by atoms with Gasteiger partial charge >= 0.3 is 116 Å². The predicted octanol–water partition coefficient (Wildman–Crippen LogP) is 5.49. The SMILES string of the molecule is C[Si](C)(C)[CH2][Zr]([CH2][Si](C)(C)C)[CH2][Si](C)(C)C.